The van der Waals surface area contributed by atoms with Crippen molar-refractivity contribution in [2.24, 2.45) is 5.92 Å². The lowest BCUT2D eigenvalue weighted by Gasteiger charge is -2.42. The second kappa shape index (κ2) is 15.7. The minimum atomic E-state index is -1.16. The van der Waals surface area contributed by atoms with Crippen LogP contribution in [0.3, 0.4) is 0 Å². The summed E-state index contributed by atoms with van der Waals surface area (Å²) in [5.41, 5.74) is 6.15. The molecule has 2 atom stereocenters. The molecule has 46 heavy (non-hydrogen) atoms. The largest absolute Gasteiger partial charge is 0.381 e. The molecule has 2 aromatic heterocycles. The zero-order valence-corrected chi connectivity index (χ0v) is 27.5. The first-order valence-corrected chi connectivity index (χ1v) is 17.2. The second-order valence-corrected chi connectivity index (χ2v) is 13.7. The van der Waals surface area contributed by atoms with Gasteiger partial charge in [-0.2, -0.15) is 5.10 Å². The monoisotopic (exact) mass is 645 g/mol. The van der Waals surface area contributed by atoms with Crippen LogP contribution >= 0.6 is 0 Å². The van der Waals surface area contributed by atoms with Crippen LogP contribution in [0.25, 0.3) is 0 Å². The lowest BCUT2D eigenvalue weighted by molar-refractivity contribution is 0.0615. The zero-order chi connectivity index (χ0) is 32.7. The number of halogens is 2. The van der Waals surface area contributed by atoms with E-state index in [2.05, 4.69) is 30.9 Å². The van der Waals surface area contributed by atoms with Gasteiger partial charge in [0.25, 0.3) is 5.91 Å². The molecule has 0 bridgehead atoms. The number of nitrogens with one attached hydrogen (secondary N) is 3. The smallest absolute Gasteiger partial charge is 0.263 e. The highest BCUT2D eigenvalue weighted by molar-refractivity contribution is 6.12. The average Bonchev–Trinajstić information content (AvgIpc) is 3.35. The van der Waals surface area contributed by atoms with Crippen LogP contribution in [0.5, 0.6) is 0 Å². The summed E-state index contributed by atoms with van der Waals surface area (Å²) in [7, 11) is 4.04. The summed E-state index contributed by atoms with van der Waals surface area (Å²) in [6, 6.07) is 0. The SMILES string of the molecule is CN(C)CCCNC(O)C1CCN(c2c(F)cncc2NC(=O)c2c(N)nn3c2NCC(F)C32CCCCCCCCCC2)CC1. The number of nitrogen functional groups attached to an aromatic ring is 1. The molecule has 4 heterocycles. The highest BCUT2D eigenvalue weighted by Crippen LogP contribution is 2.43. The van der Waals surface area contributed by atoms with Gasteiger partial charge in [0.2, 0.25) is 0 Å². The van der Waals surface area contributed by atoms with Crippen molar-refractivity contribution in [2.75, 3.05) is 68.1 Å². The Kier molecular flexibility index (Phi) is 11.7. The van der Waals surface area contributed by atoms with Gasteiger partial charge in [0.05, 0.1) is 23.6 Å². The van der Waals surface area contributed by atoms with Crippen molar-refractivity contribution in [1.29, 1.82) is 0 Å². The Morgan fingerprint density at radius 2 is 1.78 bits per heavy atom. The third kappa shape index (κ3) is 7.74. The number of anilines is 4. The molecular formula is C33H53F2N9O2. The molecule has 1 amide bonds. The van der Waals surface area contributed by atoms with Gasteiger partial charge in [-0.15, -0.1) is 0 Å². The molecule has 13 heteroatoms. The Bertz CT molecular complexity index is 1290. The molecule has 6 N–H and O–H groups in total. The van der Waals surface area contributed by atoms with Crippen molar-refractivity contribution in [3.63, 3.8) is 0 Å². The molecule has 256 valence electrons. The zero-order valence-electron chi connectivity index (χ0n) is 27.5. The second-order valence-electron chi connectivity index (χ2n) is 13.7. The van der Waals surface area contributed by atoms with Crippen LogP contribution in [-0.2, 0) is 5.54 Å². The number of nitrogens with two attached hydrogens (primary N) is 1. The molecule has 0 aromatic carbocycles. The summed E-state index contributed by atoms with van der Waals surface area (Å²) in [5, 5.41) is 24.4. The van der Waals surface area contributed by atoms with Crippen LogP contribution in [-0.4, -0.2) is 89.9 Å². The third-order valence-corrected chi connectivity index (χ3v) is 10.1. The summed E-state index contributed by atoms with van der Waals surface area (Å²) in [4.78, 5) is 21.9. The Labute approximate surface area is 271 Å². The van der Waals surface area contributed by atoms with E-state index in [-0.39, 0.29) is 35.2 Å². The van der Waals surface area contributed by atoms with Gasteiger partial charge in [-0.25, -0.2) is 13.5 Å². The fourth-order valence-corrected chi connectivity index (χ4v) is 7.50. The van der Waals surface area contributed by atoms with Gasteiger partial charge in [0, 0.05) is 25.6 Å². The molecule has 5 rings (SSSR count). The number of fused-ring (bicyclic) bond motifs is 2. The van der Waals surface area contributed by atoms with E-state index in [1.165, 1.54) is 19.0 Å². The minimum absolute atomic E-state index is 0.0154. The number of pyridine rings is 1. The number of hydrogen-bond donors (Lipinski definition) is 5. The highest BCUT2D eigenvalue weighted by atomic mass is 19.1. The van der Waals surface area contributed by atoms with Crippen LogP contribution in [0.2, 0.25) is 0 Å². The van der Waals surface area contributed by atoms with Gasteiger partial charge in [0.15, 0.2) is 11.6 Å². The molecule has 1 spiro atoms. The number of rotatable bonds is 9. The predicted molar refractivity (Wildman–Crippen MR) is 178 cm³/mol. The standard InChI is InChI=1S/C33H53F2N9O2/c1-42(2)17-11-16-38-31(45)23-12-18-43(19-13-23)28-24(34)20-37-21-25(28)40-32(46)27-29(36)41-44-30(27)39-22-26(35)33(44)14-9-7-5-3-4-6-8-10-15-33/h20-21,23,26,31,38-39,45H,3-19,22H2,1-2H3,(H2,36,41)(H,40,46). The number of piperidine rings is 1. The fraction of sp³-hybridized carbons (Fsp3) is 0.727. The molecule has 2 aromatic rings. The fourth-order valence-electron chi connectivity index (χ4n) is 7.50. The number of carbonyl (C=O) groups is 1. The van der Waals surface area contributed by atoms with Crippen molar-refractivity contribution in [3.05, 3.63) is 23.8 Å². The van der Waals surface area contributed by atoms with Crippen LogP contribution in [0.15, 0.2) is 12.4 Å². The number of carbonyl (C=O) groups excluding carboxylic acids is 1. The van der Waals surface area contributed by atoms with E-state index in [1.807, 2.05) is 19.0 Å². The molecule has 1 aliphatic carbocycles. The molecule has 2 aliphatic heterocycles. The molecular weight excluding hydrogens is 592 g/mol. The predicted octanol–water partition coefficient (Wildman–Crippen LogP) is 4.70. The van der Waals surface area contributed by atoms with Crippen LogP contribution < -0.4 is 26.6 Å². The Morgan fingerprint density at radius 1 is 1.13 bits per heavy atom. The van der Waals surface area contributed by atoms with Crippen molar-refractivity contribution < 1.29 is 18.7 Å². The summed E-state index contributed by atoms with van der Waals surface area (Å²) >= 11 is 0. The third-order valence-electron chi connectivity index (χ3n) is 10.1. The Balaban J connectivity index is 1.31. The van der Waals surface area contributed by atoms with Gasteiger partial charge in [-0.3, -0.25) is 15.1 Å². The number of aliphatic hydroxyl groups excluding tert-OH is 1. The summed E-state index contributed by atoms with van der Waals surface area (Å²) in [6.45, 7) is 2.76. The van der Waals surface area contributed by atoms with E-state index >= 15 is 8.78 Å². The molecule has 1 saturated heterocycles. The number of hydrogen-bond acceptors (Lipinski definition) is 9. The number of aromatic nitrogens is 3. The lowest BCUT2D eigenvalue weighted by atomic mass is 9.81. The summed E-state index contributed by atoms with van der Waals surface area (Å²) in [5.74, 6) is -0.616. The minimum Gasteiger partial charge on any atom is -0.381 e. The average molecular weight is 646 g/mol. The van der Waals surface area contributed by atoms with Gasteiger partial charge in [-0.1, -0.05) is 51.4 Å². The molecule has 1 saturated carbocycles. The summed E-state index contributed by atoms with van der Waals surface area (Å²) < 4.78 is 32.9. The van der Waals surface area contributed by atoms with Crippen LogP contribution in [0.4, 0.5) is 31.8 Å². The molecule has 2 unspecified atom stereocenters. The van der Waals surface area contributed by atoms with Gasteiger partial charge in [-0.05, 0) is 59.3 Å². The maximum absolute atomic E-state index is 15.9. The van der Waals surface area contributed by atoms with E-state index < -0.39 is 29.7 Å². The van der Waals surface area contributed by atoms with Crippen molar-refractivity contribution in [3.8, 4) is 0 Å². The maximum atomic E-state index is 15.9. The number of alkyl halides is 1. The van der Waals surface area contributed by atoms with Gasteiger partial charge < -0.3 is 31.3 Å². The van der Waals surface area contributed by atoms with E-state index in [0.717, 1.165) is 64.2 Å². The first kappa shape index (κ1) is 34.3. The van der Waals surface area contributed by atoms with E-state index in [4.69, 9.17) is 5.73 Å². The first-order chi connectivity index (χ1) is 22.2. The van der Waals surface area contributed by atoms with Crippen molar-refractivity contribution in [1.82, 2.24) is 25.0 Å². The van der Waals surface area contributed by atoms with Gasteiger partial charge >= 0.3 is 0 Å². The van der Waals surface area contributed by atoms with Crippen molar-refractivity contribution in [2.45, 2.75) is 101 Å². The van der Waals surface area contributed by atoms with Crippen LogP contribution in [0, 0.1) is 11.7 Å². The quantitative estimate of drug-likeness (QED) is 0.194. The number of nitrogens with zero attached hydrogens (tertiary/aromatic N) is 5. The van der Waals surface area contributed by atoms with Crippen molar-refractivity contribution >= 4 is 28.9 Å². The highest BCUT2D eigenvalue weighted by Gasteiger charge is 2.47. The van der Waals surface area contributed by atoms with E-state index in [0.29, 0.717) is 44.6 Å². The van der Waals surface area contributed by atoms with E-state index in [9.17, 15) is 9.90 Å². The number of amides is 1. The Hall–Kier alpha value is -3.03. The lowest BCUT2D eigenvalue weighted by Crippen LogP contribution is -2.51. The Morgan fingerprint density at radius 3 is 2.43 bits per heavy atom. The van der Waals surface area contributed by atoms with Gasteiger partial charge in [0.1, 0.15) is 29.5 Å². The number of aliphatic hydroxyl groups is 1. The summed E-state index contributed by atoms with van der Waals surface area (Å²) in [6.07, 6.45) is 12.9. The maximum Gasteiger partial charge on any atom is 0.263 e. The molecule has 11 nitrogen and oxygen atoms in total. The van der Waals surface area contributed by atoms with E-state index in [1.54, 1.807) is 4.68 Å². The van der Waals surface area contributed by atoms with Crippen LogP contribution in [0.1, 0.15) is 93.8 Å². The first-order valence-electron chi connectivity index (χ1n) is 17.2. The molecule has 0 radical (unpaired) electrons. The topological polar surface area (TPSA) is 137 Å². The normalized spacial score (nSPS) is 21.8. The molecule has 3 aliphatic rings. The molecule has 2 fully saturated rings.